The maximum atomic E-state index is 12.7. The Morgan fingerprint density at radius 2 is 1.76 bits per heavy atom. The van der Waals surface area contributed by atoms with Crippen molar-refractivity contribution in [3.63, 3.8) is 0 Å². The number of amides is 2. The SMILES string of the molecule is CCCCOc1ccc(/C=N\NC(=O)C(NC(=O)c2ccc(C)cc2)C(C)C)cc1OCC. The number of hydrogen-bond acceptors (Lipinski definition) is 5. The van der Waals surface area contributed by atoms with Gasteiger partial charge in [0.05, 0.1) is 19.4 Å². The van der Waals surface area contributed by atoms with Crippen LogP contribution in [0.5, 0.6) is 11.5 Å². The number of unbranched alkanes of at least 4 members (excludes halogenated alkanes) is 1. The van der Waals surface area contributed by atoms with Gasteiger partial charge in [0, 0.05) is 5.56 Å². The molecule has 0 radical (unpaired) electrons. The van der Waals surface area contributed by atoms with Crippen molar-refractivity contribution in [1.82, 2.24) is 10.7 Å². The molecule has 1 atom stereocenters. The first kappa shape index (κ1) is 25.9. The van der Waals surface area contributed by atoms with Gasteiger partial charge in [-0.25, -0.2) is 5.43 Å². The van der Waals surface area contributed by atoms with Gasteiger partial charge in [-0.05, 0) is 62.1 Å². The van der Waals surface area contributed by atoms with Gasteiger partial charge in [-0.2, -0.15) is 5.10 Å². The lowest BCUT2D eigenvalue weighted by molar-refractivity contribution is -0.123. The van der Waals surface area contributed by atoms with E-state index in [1.165, 1.54) is 6.21 Å². The molecular weight excluding hydrogens is 418 g/mol. The molecule has 0 saturated heterocycles. The first-order valence-electron chi connectivity index (χ1n) is 11.5. The van der Waals surface area contributed by atoms with E-state index in [2.05, 4.69) is 22.8 Å². The van der Waals surface area contributed by atoms with Crippen LogP contribution in [0.1, 0.15) is 62.0 Å². The molecule has 178 valence electrons. The fraction of sp³-hybridized carbons (Fsp3) is 0.423. The van der Waals surface area contributed by atoms with Gasteiger partial charge in [-0.1, -0.05) is 44.9 Å². The van der Waals surface area contributed by atoms with E-state index in [9.17, 15) is 9.59 Å². The van der Waals surface area contributed by atoms with E-state index < -0.39 is 6.04 Å². The van der Waals surface area contributed by atoms with Crippen molar-refractivity contribution in [2.75, 3.05) is 13.2 Å². The van der Waals surface area contributed by atoms with Gasteiger partial charge in [0.2, 0.25) is 0 Å². The number of nitrogens with zero attached hydrogens (tertiary/aromatic N) is 1. The Morgan fingerprint density at radius 3 is 2.39 bits per heavy atom. The summed E-state index contributed by atoms with van der Waals surface area (Å²) in [7, 11) is 0. The van der Waals surface area contributed by atoms with Crippen LogP contribution in [0.25, 0.3) is 0 Å². The second-order valence-electron chi connectivity index (χ2n) is 8.14. The number of benzene rings is 2. The van der Waals surface area contributed by atoms with Crippen LogP contribution in [0.2, 0.25) is 0 Å². The van der Waals surface area contributed by atoms with Gasteiger partial charge in [0.1, 0.15) is 6.04 Å². The summed E-state index contributed by atoms with van der Waals surface area (Å²) in [6.07, 6.45) is 3.56. The summed E-state index contributed by atoms with van der Waals surface area (Å²) in [6, 6.07) is 12.0. The average Bonchev–Trinajstić information content (AvgIpc) is 2.79. The smallest absolute Gasteiger partial charge is 0.262 e. The number of carbonyl (C=O) groups excluding carboxylic acids is 2. The highest BCUT2D eigenvalue weighted by molar-refractivity contribution is 5.97. The van der Waals surface area contributed by atoms with Crippen molar-refractivity contribution < 1.29 is 19.1 Å². The summed E-state index contributed by atoms with van der Waals surface area (Å²) in [5.74, 6) is 0.525. The highest BCUT2D eigenvalue weighted by atomic mass is 16.5. The minimum atomic E-state index is -0.718. The molecule has 0 spiro atoms. The molecule has 0 aliphatic heterocycles. The highest BCUT2D eigenvalue weighted by Gasteiger charge is 2.24. The normalized spacial score (nSPS) is 11.9. The molecule has 0 aromatic heterocycles. The van der Waals surface area contributed by atoms with Gasteiger partial charge in [-0.15, -0.1) is 0 Å². The van der Waals surface area contributed by atoms with E-state index in [4.69, 9.17) is 9.47 Å². The molecular formula is C26H35N3O4. The summed E-state index contributed by atoms with van der Waals surface area (Å²) in [4.78, 5) is 25.2. The fourth-order valence-electron chi connectivity index (χ4n) is 3.02. The van der Waals surface area contributed by atoms with Crippen molar-refractivity contribution in [2.24, 2.45) is 11.0 Å². The molecule has 2 aromatic carbocycles. The molecule has 0 saturated carbocycles. The molecule has 33 heavy (non-hydrogen) atoms. The lowest BCUT2D eigenvalue weighted by Crippen LogP contribution is -2.48. The number of aryl methyl sites for hydroxylation is 1. The first-order chi connectivity index (χ1) is 15.8. The zero-order chi connectivity index (χ0) is 24.2. The van der Waals surface area contributed by atoms with Gasteiger partial charge < -0.3 is 14.8 Å². The average molecular weight is 454 g/mol. The van der Waals surface area contributed by atoms with Crippen molar-refractivity contribution in [3.8, 4) is 11.5 Å². The van der Waals surface area contributed by atoms with Crippen LogP contribution >= 0.6 is 0 Å². The number of hydrogen-bond donors (Lipinski definition) is 2. The summed E-state index contributed by atoms with van der Waals surface area (Å²) < 4.78 is 11.5. The number of nitrogens with one attached hydrogen (secondary N) is 2. The Labute approximate surface area is 196 Å². The quantitative estimate of drug-likeness (QED) is 0.282. The van der Waals surface area contributed by atoms with Crippen molar-refractivity contribution in [2.45, 2.75) is 53.5 Å². The van der Waals surface area contributed by atoms with Crippen LogP contribution < -0.4 is 20.2 Å². The van der Waals surface area contributed by atoms with Gasteiger partial charge in [0.25, 0.3) is 11.8 Å². The monoisotopic (exact) mass is 453 g/mol. The predicted molar refractivity (Wildman–Crippen MR) is 131 cm³/mol. The zero-order valence-electron chi connectivity index (χ0n) is 20.2. The minimum Gasteiger partial charge on any atom is -0.490 e. The van der Waals surface area contributed by atoms with Gasteiger partial charge in [0.15, 0.2) is 11.5 Å². The third-order valence-electron chi connectivity index (χ3n) is 4.96. The molecule has 2 amide bonds. The van der Waals surface area contributed by atoms with E-state index in [0.29, 0.717) is 30.3 Å². The number of ether oxygens (including phenoxy) is 2. The van der Waals surface area contributed by atoms with E-state index >= 15 is 0 Å². The molecule has 0 heterocycles. The molecule has 0 bridgehead atoms. The van der Waals surface area contributed by atoms with Crippen LogP contribution in [0, 0.1) is 12.8 Å². The molecule has 2 rings (SSSR count). The second kappa shape index (κ2) is 13.3. The maximum absolute atomic E-state index is 12.7. The Hall–Kier alpha value is -3.35. The summed E-state index contributed by atoms with van der Waals surface area (Å²) in [5, 5.41) is 6.87. The Balaban J connectivity index is 2.02. The molecule has 7 heteroatoms. The standard InChI is InChI=1S/C26H35N3O4/c1-6-8-15-33-22-14-11-20(16-23(22)32-7-2)17-27-29-26(31)24(18(3)4)28-25(30)21-12-9-19(5)10-13-21/h9-14,16-18,24H,6-8,15H2,1-5H3,(H,28,30)(H,29,31)/b27-17-. The zero-order valence-corrected chi connectivity index (χ0v) is 20.2. The Bertz CT molecular complexity index is 939. The lowest BCUT2D eigenvalue weighted by atomic mass is 10.0. The molecule has 1 unspecified atom stereocenters. The number of rotatable bonds is 12. The summed E-state index contributed by atoms with van der Waals surface area (Å²) >= 11 is 0. The Morgan fingerprint density at radius 1 is 1.03 bits per heavy atom. The fourth-order valence-corrected chi connectivity index (χ4v) is 3.02. The molecule has 2 N–H and O–H groups in total. The summed E-state index contributed by atoms with van der Waals surface area (Å²) in [5.41, 5.74) is 4.85. The number of hydrazone groups is 1. The predicted octanol–water partition coefficient (Wildman–Crippen LogP) is 4.48. The molecule has 0 aliphatic rings. The molecule has 0 fully saturated rings. The maximum Gasteiger partial charge on any atom is 0.262 e. The van der Waals surface area contributed by atoms with Crippen molar-refractivity contribution >= 4 is 18.0 Å². The largest absolute Gasteiger partial charge is 0.490 e. The topological polar surface area (TPSA) is 89.0 Å². The van der Waals surface area contributed by atoms with Crippen LogP contribution in [-0.4, -0.2) is 37.3 Å². The Kier molecular flexibility index (Phi) is 10.4. The molecule has 0 aliphatic carbocycles. The first-order valence-corrected chi connectivity index (χ1v) is 11.5. The summed E-state index contributed by atoms with van der Waals surface area (Å²) in [6.45, 7) is 10.9. The van der Waals surface area contributed by atoms with Crippen LogP contribution in [0.15, 0.2) is 47.6 Å². The second-order valence-corrected chi connectivity index (χ2v) is 8.14. The molecule has 7 nitrogen and oxygen atoms in total. The van der Waals surface area contributed by atoms with Gasteiger partial charge in [-0.3, -0.25) is 9.59 Å². The third kappa shape index (κ3) is 8.25. The van der Waals surface area contributed by atoms with Crippen LogP contribution in [-0.2, 0) is 4.79 Å². The highest BCUT2D eigenvalue weighted by Crippen LogP contribution is 2.28. The van der Waals surface area contributed by atoms with Crippen LogP contribution in [0.4, 0.5) is 0 Å². The van der Waals surface area contributed by atoms with E-state index in [1.54, 1.807) is 12.1 Å². The molecule has 2 aromatic rings. The number of carbonyl (C=O) groups is 2. The van der Waals surface area contributed by atoms with Crippen molar-refractivity contribution in [1.29, 1.82) is 0 Å². The van der Waals surface area contributed by atoms with Crippen LogP contribution in [0.3, 0.4) is 0 Å². The minimum absolute atomic E-state index is 0.112. The van der Waals surface area contributed by atoms with Crippen molar-refractivity contribution in [3.05, 3.63) is 59.2 Å². The van der Waals surface area contributed by atoms with E-state index in [1.807, 2.05) is 58.0 Å². The van der Waals surface area contributed by atoms with Gasteiger partial charge >= 0.3 is 0 Å². The van der Waals surface area contributed by atoms with E-state index in [0.717, 1.165) is 24.0 Å². The van der Waals surface area contributed by atoms with E-state index in [-0.39, 0.29) is 17.7 Å². The third-order valence-corrected chi connectivity index (χ3v) is 4.96. The lowest BCUT2D eigenvalue weighted by Gasteiger charge is -2.20.